The summed E-state index contributed by atoms with van der Waals surface area (Å²) < 4.78 is 1.44. The molecule has 88 valence electrons. The highest BCUT2D eigenvalue weighted by Crippen LogP contribution is 2.28. The maximum atomic E-state index is 12.3. The number of rotatable bonds is 1. The van der Waals surface area contributed by atoms with E-state index in [1.54, 1.807) is 12.3 Å². The number of aliphatic hydroxyl groups is 1. The second-order valence-electron chi connectivity index (χ2n) is 4.55. The molecule has 2 aromatic rings. The van der Waals surface area contributed by atoms with Crippen LogP contribution in [-0.2, 0) is 0 Å². The van der Waals surface area contributed by atoms with Gasteiger partial charge < -0.3 is 5.11 Å². The Labute approximate surface area is 98.5 Å². The maximum absolute atomic E-state index is 12.3. The first-order valence-corrected chi connectivity index (χ1v) is 5.92. The van der Waals surface area contributed by atoms with E-state index in [0.717, 1.165) is 24.6 Å². The lowest BCUT2D eigenvalue weighted by Crippen LogP contribution is -2.31. The van der Waals surface area contributed by atoms with Gasteiger partial charge in [0.2, 0.25) is 0 Å². The van der Waals surface area contributed by atoms with Gasteiger partial charge in [-0.3, -0.25) is 4.79 Å². The first-order chi connectivity index (χ1) is 8.27. The molecule has 1 N–H and O–H groups in total. The van der Waals surface area contributed by atoms with Crippen LogP contribution in [0.4, 0.5) is 0 Å². The normalized spacial score (nSPS) is 24.3. The molecule has 17 heavy (non-hydrogen) atoms. The van der Waals surface area contributed by atoms with Crippen molar-refractivity contribution in [3.05, 3.63) is 40.8 Å². The molecular formula is C13H14N2O2. The van der Waals surface area contributed by atoms with Gasteiger partial charge in [0, 0.05) is 5.39 Å². The zero-order valence-electron chi connectivity index (χ0n) is 9.41. The molecule has 3 rings (SSSR count). The van der Waals surface area contributed by atoms with E-state index in [9.17, 15) is 9.90 Å². The van der Waals surface area contributed by atoms with Crippen molar-refractivity contribution in [3.8, 4) is 0 Å². The zero-order chi connectivity index (χ0) is 11.8. The van der Waals surface area contributed by atoms with E-state index in [2.05, 4.69) is 5.10 Å². The highest BCUT2D eigenvalue weighted by Gasteiger charge is 2.28. The fraction of sp³-hybridized carbons (Fsp3) is 0.385. The molecule has 1 heterocycles. The average molecular weight is 230 g/mol. The lowest BCUT2D eigenvalue weighted by atomic mass is 10.2. The van der Waals surface area contributed by atoms with Crippen LogP contribution in [0.3, 0.4) is 0 Å². The Morgan fingerprint density at radius 1 is 1.29 bits per heavy atom. The van der Waals surface area contributed by atoms with E-state index >= 15 is 0 Å². The number of aliphatic hydroxyl groups excluding tert-OH is 1. The minimum atomic E-state index is -0.443. The molecule has 0 aliphatic heterocycles. The summed E-state index contributed by atoms with van der Waals surface area (Å²) in [6.45, 7) is 0. The van der Waals surface area contributed by atoms with E-state index in [4.69, 9.17) is 0 Å². The van der Waals surface area contributed by atoms with Gasteiger partial charge in [0.25, 0.3) is 5.56 Å². The van der Waals surface area contributed by atoms with E-state index in [-0.39, 0.29) is 11.6 Å². The first-order valence-electron chi connectivity index (χ1n) is 5.92. The number of hydrogen-bond donors (Lipinski definition) is 1. The summed E-state index contributed by atoms with van der Waals surface area (Å²) in [5, 5.41) is 15.5. The van der Waals surface area contributed by atoms with E-state index in [0.29, 0.717) is 5.39 Å². The van der Waals surface area contributed by atoms with Crippen molar-refractivity contribution >= 4 is 10.8 Å². The second-order valence-corrected chi connectivity index (χ2v) is 4.55. The van der Waals surface area contributed by atoms with Crippen LogP contribution < -0.4 is 5.56 Å². The molecule has 2 atom stereocenters. The predicted molar refractivity (Wildman–Crippen MR) is 64.9 cm³/mol. The highest BCUT2D eigenvalue weighted by atomic mass is 16.3. The number of fused-ring (bicyclic) bond motifs is 1. The Morgan fingerprint density at radius 2 is 2.12 bits per heavy atom. The van der Waals surface area contributed by atoms with E-state index in [1.165, 1.54) is 4.68 Å². The average Bonchev–Trinajstić information content (AvgIpc) is 2.76. The topological polar surface area (TPSA) is 55.1 Å². The summed E-state index contributed by atoms with van der Waals surface area (Å²) in [6.07, 6.45) is 3.79. The molecule has 1 fully saturated rings. The third kappa shape index (κ3) is 1.65. The molecule has 4 nitrogen and oxygen atoms in total. The molecule has 0 saturated heterocycles. The van der Waals surface area contributed by atoms with Crippen molar-refractivity contribution in [2.24, 2.45) is 0 Å². The highest BCUT2D eigenvalue weighted by molar-refractivity contribution is 5.80. The standard InChI is InChI=1S/C13H14N2O2/c16-12-7-3-6-11(12)15-13(17)10-5-2-1-4-9(10)8-14-15/h1-2,4-5,8,11-12,16H,3,6-7H2/t11-,12-/m0/s1. The van der Waals surface area contributed by atoms with Gasteiger partial charge in [-0.15, -0.1) is 0 Å². The fourth-order valence-electron chi connectivity index (χ4n) is 2.55. The summed E-state index contributed by atoms with van der Waals surface area (Å²) in [7, 11) is 0. The van der Waals surface area contributed by atoms with Gasteiger partial charge in [-0.1, -0.05) is 18.2 Å². The molecule has 0 radical (unpaired) electrons. The summed E-state index contributed by atoms with van der Waals surface area (Å²) in [5.74, 6) is 0. The van der Waals surface area contributed by atoms with Crippen LogP contribution in [0.1, 0.15) is 25.3 Å². The molecule has 1 aromatic carbocycles. The maximum Gasteiger partial charge on any atom is 0.274 e. The molecule has 0 bridgehead atoms. The molecule has 0 spiro atoms. The number of benzene rings is 1. The first kappa shape index (κ1) is 10.5. The number of aromatic nitrogens is 2. The Hall–Kier alpha value is -1.68. The van der Waals surface area contributed by atoms with Crippen molar-refractivity contribution < 1.29 is 5.11 Å². The second kappa shape index (κ2) is 3.96. The van der Waals surface area contributed by atoms with Crippen molar-refractivity contribution in [2.75, 3.05) is 0 Å². The van der Waals surface area contributed by atoms with Crippen LogP contribution in [0, 0.1) is 0 Å². The molecule has 4 heteroatoms. The lowest BCUT2D eigenvalue weighted by Gasteiger charge is -2.16. The van der Waals surface area contributed by atoms with Crippen molar-refractivity contribution in [3.63, 3.8) is 0 Å². The van der Waals surface area contributed by atoms with Crippen LogP contribution in [0.2, 0.25) is 0 Å². The molecule has 1 aliphatic carbocycles. The minimum Gasteiger partial charge on any atom is -0.391 e. The van der Waals surface area contributed by atoms with Crippen molar-refractivity contribution in [2.45, 2.75) is 31.4 Å². The van der Waals surface area contributed by atoms with Crippen LogP contribution in [-0.4, -0.2) is 21.0 Å². The van der Waals surface area contributed by atoms with Crippen LogP contribution in [0.15, 0.2) is 35.3 Å². The quantitative estimate of drug-likeness (QED) is 0.807. The fourth-order valence-corrected chi connectivity index (χ4v) is 2.55. The summed E-state index contributed by atoms with van der Waals surface area (Å²) in [4.78, 5) is 12.3. The molecular weight excluding hydrogens is 216 g/mol. The van der Waals surface area contributed by atoms with Gasteiger partial charge in [0.15, 0.2) is 0 Å². The van der Waals surface area contributed by atoms with E-state index in [1.807, 2.05) is 18.2 Å². The molecule has 0 amide bonds. The third-order valence-electron chi connectivity index (χ3n) is 3.48. The minimum absolute atomic E-state index is 0.103. The van der Waals surface area contributed by atoms with Crippen LogP contribution >= 0.6 is 0 Å². The van der Waals surface area contributed by atoms with Gasteiger partial charge in [-0.05, 0) is 25.3 Å². The number of nitrogens with zero attached hydrogens (tertiary/aromatic N) is 2. The zero-order valence-corrected chi connectivity index (χ0v) is 9.41. The van der Waals surface area contributed by atoms with Gasteiger partial charge in [0.1, 0.15) is 0 Å². The van der Waals surface area contributed by atoms with Gasteiger partial charge in [-0.2, -0.15) is 5.10 Å². The molecule has 1 aromatic heterocycles. The summed E-state index contributed by atoms with van der Waals surface area (Å²) in [6, 6.07) is 7.25. The Bertz CT molecular complexity index is 606. The van der Waals surface area contributed by atoms with Gasteiger partial charge >= 0.3 is 0 Å². The van der Waals surface area contributed by atoms with Gasteiger partial charge in [-0.25, -0.2) is 4.68 Å². The SMILES string of the molecule is O=c1c2ccccc2cnn1[C@H]1CCC[C@@H]1O. The summed E-state index contributed by atoms with van der Waals surface area (Å²) in [5.41, 5.74) is -0.103. The largest absolute Gasteiger partial charge is 0.391 e. The smallest absolute Gasteiger partial charge is 0.274 e. The molecule has 0 unspecified atom stereocenters. The predicted octanol–water partition coefficient (Wildman–Crippen LogP) is 1.48. The van der Waals surface area contributed by atoms with Crippen LogP contribution in [0.5, 0.6) is 0 Å². The van der Waals surface area contributed by atoms with Crippen molar-refractivity contribution in [1.29, 1.82) is 0 Å². The summed E-state index contributed by atoms with van der Waals surface area (Å²) >= 11 is 0. The third-order valence-corrected chi connectivity index (χ3v) is 3.48. The van der Waals surface area contributed by atoms with E-state index < -0.39 is 6.10 Å². The number of hydrogen-bond acceptors (Lipinski definition) is 3. The Morgan fingerprint density at radius 3 is 2.88 bits per heavy atom. The Balaban J connectivity index is 2.18. The Kier molecular flexibility index (Phi) is 2.44. The van der Waals surface area contributed by atoms with Gasteiger partial charge in [0.05, 0.1) is 23.7 Å². The monoisotopic (exact) mass is 230 g/mol. The van der Waals surface area contributed by atoms with Crippen molar-refractivity contribution in [1.82, 2.24) is 9.78 Å². The lowest BCUT2D eigenvalue weighted by molar-refractivity contribution is 0.128. The van der Waals surface area contributed by atoms with Crippen LogP contribution in [0.25, 0.3) is 10.8 Å². The molecule has 1 saturated carbocycles. The molecule has 1 aliphatic rings.